The monoisotopic (exact) mass is 168 g/mol. The van der Waals surface area contributed by atoms with Gasteiger partial charge in [-0.15, -0.1) is 6.58 Å². The van der Waals surface area contributed by atoms with E-state index in [9.17, 15) is 4.79 Å². The second kappa shape index (κ2) is 4.41. The van der Waals surface area contributed by atoms with Crippen LogP contribution in [0.1, 0.15) is 26.2 Å². The molecule has 0 spiro atoms. The van der Waals surface area contributed by atoms with E-state index in [-0.39, 0.29) is 17.8 Å². The molecule has 2 nitrogen and oxygen atoms in total. The average Bonchev–Trinajstić information content (AvgIpc) is 2.51. The molecule has 1 aliphatic rings. The van der Waals surface area contributed by atoms with E-state index in [4.69, 9.17) is 4.74 Å². The standard InChI is InChI=1S/C10H16O2/c1-3-5-9(11)8-6-7-12-10(8)4-2/h3,8,10H,1,4-7H2,2H3. The van der Waals surface area contributed by atoms with Gasteiger partial charge in [-0.05, 0) is 12.8 Å². The summed E-state index contributed by atoms with van der Waals surface area (Å²) in [7, 11) is 0. The second-order valence-electron chi connectivity index (χ2n) is 3.17. The number of ketones is 1. The minimum atomic E-state index is 0.132. The Balaban J connectivity index is 2.48. The van der Waals surface area contributed by atoms with Crippen molar-refractivity contribution in [2.24, 2.45) is 5.92 Å². The van der Waals surface area contributed by atoms with Gasteiger partial charge in [0.2, 0.25) is 0 Å². The van der Waals surface area contributed by atoms with Crippen LogP contribution in [0.25, 0.3) is 0 Å². The van der Waals surface area contributed by atoms with Gasteiger partial charge >= 0.3 is 0 Å². The highest BCUT2D eigenvalue weighted by Crippen LogP contribution is 2.25. The molecule has 2 atom stereocenters. The van der Waals surface area contributed by atoms with Gasteiger partial charge in [0.25, 0.3) is 0 Å². The molecule has 1 saturated heterocycles. The first-order chi connectivity index (χ1) is 5.79. The van der Waals surface area contributed by atoms with Crippen LogP contribution in [0.5, 0.6) is 0 Å². The van der Waals surface area contributed by atoms with Gasteiger partial charge in [-0.25, -0.2) is 0 Å². The van der Waals surface area contributed by atoms with Gasteiger partial charge in [-0.1, -0.05) is 13.0 Å². The van der Waals surface area contributed by atoms with Crippen LogP contribution in [0.3, 0.4) is 0 Å². The number of hydrogen-bond donors (Lipinski definition) is 0. The van der Waals surface area contributed by atoms with Gasteiger partial charge in [-0.2, -0.15) is 0 Å². The summed E-state index contributed by atoms with van der Waals surface area (Å²) in [6.45, 7) is 6.36. The summed E-state index contributed by atoms with van der Waals surface area (Å²) in [5.41, 5.74) is 0. The van der Waals surface area contributed by atoms with Crippen molar-refractivity contribution in [3.63, 3.8) is 0 Å². The molecule has 0 aromatic heterocycles. The molecule has 2 unspecified atom stereocenters. The summed E-state index contributed by atoms with van der Waals surface area (Å²) in [4.78, 5) is 11.5. The first kappa shape index (κ1) is 9.46. The molecule has 2 heteroatoms. The Morgan fingerprint density at radius 3 is 3.08 bits per heavy atom. The summed E-state index contributed by atoms with van der Waals surface area (Å²) < 4.78 is 5.43. The van der Waals surface area contributed by atoms with Gasteiger partial charge in [0, 0.05) is 18.9 Å². The van der Waals surface area contributed by atoms with Gasteiger partial charge in [0.05, 0.1) is 6.10 Å². The van der Waals surface area contributed by atoms with E-state index < -0.39 is 0 Å². The molecular formula is C10H16O2. The van der Waals surface area contributed by atoms with Crippen LogP contribution in [0.2, 0.25) is 0 Å². The van der Waals surface area contributed by atoms with Crippen LogP contribution in [-0.2, 0) is 9.53 Å². The quantitative estimate of drug-likeness (QED) is 0.600. The van der Waals surface area contributed by atoms with Crippen molar-refractivity contribution in [2.45, 2.75) is 32.3 Å². The van der Waals surface area contributed by atoms with Crippen molar-refractivity contribution < 1.29 is 9.53 Å². The third-order valence-electron chi connectivity index (χ3n) is 2.37. The Labute approximate surface area is 73.6 Å². The molecule has 12 heavy (non-hydrogen) atoms. The maximum atomic E-state index is 11.5. The molecule has 0 aromatic carbocycles. The van der Waals surface area contributed by atoms with Crippen molar-refractivity contribution in [1.82, 2.24) is 0 Å². The van der Waals surface area contributed by atoms with Crippen LogP contribution in [0.15, 0.2) is 12.7 Å². The maximum Gasteiger partial charge on any atom is 0.142 e. The van der Waals surface area contributed by atoms with Crippen molar-refractivity contribution >= 4 is 5.78 Å². The lowest BCUT2D eigenvalue weighted by atomic mass is 9.93. The summed E-state index contributed by atoms with van der Waals surface area (Å²) in [5, 5.41) is 0. The number of ether oxygens (including phenoxy) is 1. The van der Waals surface area contributed by atoms with Crippen molar-refractivity contribution in [3.8, 4) is 0 Å². The van der Waals surface area contributed by atoms with Crippen LogP contribution >= 0.6 is 0 Å². The molecule has 0 N–H and O–H groups in total. The number of Topliss-reactive ketones (excluding diaryl/α,β-unsaturated/α-hetero) is 1. The zero-order chi connectivity index (χ0) is 8.97. The summed E-state index contributed by atoms with van der Waals surface area (Å²) in [6, 6.07) is 0. The van der Waals surface area contributed by atoms with Gasteiger partial charge in [0.1, 0.15) is 5.78 Å². The molecule has 0 bridgehead atoms. The molecule has 0 aliphatic carbocycles. The fourth-order valence-corrected chi connectivity index (χ4v) is 1.71. The first-order valence-electron chi connectivity index (χ1n) is 4.54. The molecule has 0 amide bonds. The van der Waals surface area contributed by atoms with E-state index in [1.54, 1.807) is 6.08 Å². The minimum absolute atomic E-state index is 0.132. The summed E-state index contributed by atoms with van der Waals surface area (Å²) in [6.07, 6.45) is 4.16. The molecule has 1 heterocycles. The van der Waals surface area contributed by atoms with Crippen LogP contribution in [0, 0.1) is 5.92 Å². The molecule has 1 rings (SSSR count). The predicted octanol–water partition coefficient (Wildman–Crippen LogP) is 1.95. The minimum Gasteiger partial charge on any atom is -0.377 e. The number of rotatable bonds is 4. The normalized spacial score (nSPS) is 28.8. The van der Waals surface area contributed by atoms with Crippen molar-refractivity contribution in [1.29, 1.82) is 0 Å². The van der Waals surface area contributed by atoms with E-state index in [0.29, 0.717) is 6.42 Å². The van der Waals surface area contributed by atoms with E-state index in [1.807, 2.05) is 0 Å². The van der Waals surface area contributed by atoms with E-state index >= 15 is 0 Å². The molecule has 1 fully saturated rings. The zero-order valence-electron chi connectivity index (χ0n) is 7.58. The molecule has 1 aliphatic heterocycles. The highest BCUT2D eigenvalue weighted by Gasteiger charge is 2.31. The first-order valence-corrected chi connectivity index (χ1v) is 4.54. The highest BCUT2D eigenvalue weighted by molar-refractivity contribution is 5.83. The Morgan fingerprint density at radius 2 is 2.50 bits per heavy atom. The lowest BCUT2D eigenvalue weighted by molar-refractivity contribution is -0.123. The molecule has 68 valence electrons. The Hall–Kier alpha value is -0.630. The van der Waals surface area contributed by atoms with Crippen LogP contribution < -0.4 is 0 Å². The second-order valence-corrected chi connectivity index (χ2v) is 3.17. The average molecular weight is 168 g/mol. The third-order valence-corrected chi connectivity index (χ3v) is 2.37. The highest BCUT2D eigenvalue weighted by atomic mass is 16.5. The smallest absolute Gasteiger partial charge is 0.142 e. The van der Waals surface area contributed by atoms with E-state index in [1.165, 1.54) is 0 Å². The molecule has 0 saturated carbocycles. The zero-order valence-corrected chi connectivity index (χ0v) is 7.58. The molecular weight excluding hydrogens is 152 g/mol. The SMILES string of the molecule is C=CCC(=O)C1CCOC1CC. The van der Waals surface area contributed by atoms with E-state index in [2.05, 4.69) is 13.5 Å². The summed E-state index contributed by atoms with van der Waals surface area (Å²) >= 11 is 0. The number of hydrogen-bond acceptors (Lipinski definition) is 2. The number of carbonyl (C=O) groups is 1. The van der Waals surface area contributed by atoms with Crippen molar-refractivity contribution in [3.05, 3.63) is 12.7 Å². The van der Waals surface area contributed by atoms with Crippen molar-refractivity contribution in [2.75, 3.05) is 6.61 Å². The lowest BCUT2D eigenvalue weighted by Gasteiger charge is -2.14. The van der Waals surface area contributed by atoms with Crippen LogP contribution in [0.4, 0.5) is 0 Å². The molecule has 0 radical (unpaired) electrons. The summed E-state index contributed by atoms with van der Waals surface area (Å²) in [5.74, 6) is 0.419. The number of carbonyl (C=O) groups excluding carboxylic acids is 1. The van der Waals surface area contributed by atoms with E-state index in [0.717, 1.165) is 19.4 Å². The van der Waals surface area contributed by atoms with Gasteiger partial charge < -0.3 is 4.74 Å². The Morgan fingerprint density at radius 1 is 1.75 bits per heavy atom. The fraction of sp³-hybridized carbons (Fsp3) is 0.700. The Bertz CT molecular complexity index is 175. The lowest BCUT2D eigenvalue weighted by Crippen LogP contribution is -2.22. The van der Waals surface area contributed by atoms with Crippen LogP contribution in [-0.4, -0.2) is 18.5 Å². The maximum absolute atomic E-state index is 11.5. The number of allylic oxidation sites excluding steroid dienone is 1. The van der Waals surface area contributed by atoms with Gasteiger partial charge in [-0.3, -0.25) is 4.79 Å². The predicted molar refractivity (Wildman–Crippen MR) is 48.0 cm³/mol. The topological polar surface area (TPSA) is 26.3 Å². The molecule has 0 aromatic rings. The Kier molecular flexibility index (Phi) is 3.48. The largest absolute Gasteiger partial charge is 0.377 e. The fourth-order valence-electron chi connectivity index (χ4n) is 1.71. The third kappa shape index (κ3) is 1.95. The van der Waals surface area contributed by atoms with Gasteiger partial charge in [0.15, 0.2) is 0 Å².